The number of benzene rings is 2. The molecule has 1 heterocycles. The van der Waals surface area contributed by atoms with E-state index in [0.29, 0.717) is 6.61 Å². The van der Waals surface area contributed by atoms with Gasteiger partial charge in [0.1, 0.15) is 18.2 Å². The molecule has 0 unspecified atom stereocenters. The minimum absolute atomic E-state index is 0.224. The van der Waals surface area contributed by atoms with Crippen molar-refractivity contribution in [3.05, 3.63) is 84.1 Å². The van der Waals surface area contributed by atoms with E-state index in [1.807, 2.05) is 37.3 Å². The molecule has 0 saturated carbocycles. The molecule has 0 aliphatic carbocycles. The lowest BCUT2D eigenvalue weighted by atomic mass is 10.1. The first-order valence-corrected chi connectivity index (χ1v) is 10.9. The molecule has 30 heavy (non-hydrogen) atoms. The van der Waals surface area contributed by atoms with E-state index in [9.17, 15) is 13.2 Å². The van der Waals surface area contributed by atoms with Gasteiger partial charge in [0.05, 0.1) is 18.9 Å². The smallest absolute Gasteiger partial charge is 0.417 e. The standard InChI is InChI=1S/C21H16F3I2N3O/c1-13-3-2-4-14(7-13)12-30-20-17(25)8-15(9-18(20)26)10-28-29-19-6-5-16(11-27-19)21(22,23)24/h2-11H,12H2,1H3,(H,27,29)/b28-10-. The molecule has 0 atom stereocenters. The summed E-state index contributed by atoms with van der Waals surface area (Å²) in [7, 11) is 0. The molecule has 9 heteroatoms. The normalized spacial score (nSPS) is 11.7. The van der Waals surface area contributed by atoms with Crippen LogP contribution < -0.4 is 10.2 Å². The molecular weight excluding hydrogens is 621 g/mol. The Bertz CT molecular complexity index is 1030. The van der Waals surface area contributed by atoms with Crippen LogP contribution in [0.2, 0.25) is 0 Å². The van der Waals surface area contributed by atoms with Gasteiger partial charge in [0.15, 0.2) is 0 Å². The second kappa shape index (κ2) is 9.94. The third-order valence-corrected chi connectivity index (χ3v) is 5.57. The molecular formula is C21H16F3I2N3O. The van der Waals surface area contributed by atoms with E-state index < -0.39 is 11.7 Å². The number of nitrogens with one attached hydrogen (secondary N) is 1. The molecule has 0 bridgehead atoms. The number of pyridine rings is 1. The topological polar surface area (TPSA) is 46.5 Å². The summed E-state index contributed by atoms with van der Waals surface area (Å²) < 4.78 is 45.6. The predicted molar refractivity (Wildman–Crippen MR) is 128 cm³/mol. The molecule has 156 valence electrons. The fourth-order valence-electron chi connectivity index (χ4n) is 2.55. The molecule has 0 amide bonds. The number of halogens is 5. The first kappa shape index (κ1) is 22.8. The van der Waals surface area contributed by atoms with E-state index in [-0.39, 0.29) is 5.82 Å². The Hall–Kier alpha value is -1.89. The third-order valence-electron chi connectivity index (χ3n) is 3.97. The fourth-order valence-corrected chi connectivity index (χ4v) is 4.68. The zero-order valence-corrected chi connectivity index (χ0v) is 20.0. The lowest BCUT2D eigenvalue weighted by Gasteiger charge is -2.12. The number of aromatic nitrogens is 1. The molecule has 2 aromatic carbocycles. The van der Waals surface area contributed by atoms with E-state index >= 15 is 0 Å². The summed E-state index contributed by atoms with van der Waals surface area (Å²) >= 11 is 4.41. The van der Waals surface area contributed by atoms with Gasteiger partial charge in [0.25, 0.3) is 0 Å². The lowest BCUT2D eigenvalue weighted by molar-refractivity contribution is -0.137. The van der Waals surface area contributed by atoms with Crippen molar-refractivity contribution >= 4 is 57.2 Å². The van der Waals surface area contributed by atoms with Gasteiger partial charge >= 0.3 is 6.18 Å². The average Bonchev–Trinajstić information content (AvgIpc) is 2.67. The molecule has 0 aliphatic rings. The maximum Gasteiger partial charge on any atom is 0.417 e. The third kappa shape index (κ3) is 6.30. The SMILES string of the molecule is Cc1cccc(COc2c(I)cc(/C=N\Nc3ccc(C(F)(F)F)cn3)cc2I)c1. The van der Waals surface area contributed by atoms with Gasteiger partial charge in [-0.25, -0.2) is 4.98 Å². The maximum absolute atomic E-state index is 12.6. The molecule has 0 fully saturated rings. The quantitative estimate of drug-likeness (QED) is 0.187. The van der Waals surface area contributed by atoms with Crippen molar-refractivity contribution in [2.75, 3.05) is 5.43 Å². The van der Waals surface area contributed by atoms with Crippen LogP contribution in [-0.2, 0) is 12.8 Å². The zero-order chi connectivity index (χ0) is 21.7. The summed E-state index contributed by atoms with van der Waals surface area (Å²) in [5, 5.41) is 4.05. The van der Waals surface area contributed by atoms with Crippen molar-refractivity contribution < 1.29 is 17.9 Å². The Balaban J connectivity index is 1.64. The van der Waals surface area contributed by atoms with Gasteiger partial charge in [-0.05, 0) is 87.5 Å². The van der Waals surface area contributed by atoms with Gasteiger partial charge in [-0.2, -0.15) is 18.3 Å². The van der Waals surface area contributed by atoms with Crippen molar-refractivity contribution in [2.24, 2.45) is 5.10 Å². The Morgan fingerprint density at radius 1 is 1.10 bits per heavy atom. The van der Waals surface area contributed by atoms with Crippen LogP contribution >= 0.6 is 45.2 Å². The van der Waals surface area contributed by atoms with Gasteiger partial charge < -0.3 is 4.74 Å². The number of hydrogen-bond donors (Lipinski definition) is 1. The Kier molecular flexibility index (Phi) is 7.55. The van der Waals surface area contributed by atoms with Crippen molar-refractivity contribution in [1.29, 1.82) is 0 Å². The van der Waals surface area contributed by atoms with Gasteiger partial charge in [0.2, 0.25) is 0 Å². The number of alkyl halides is 3. The first-order valence-electron chi connectivity index (χ1n) is 8.72. The van der Waals surface area contributed by atoms with Gasteiger partial charge in [0, 0.05) is 6.20 Å². The number of ether oxygens (including phenoxy) is 1. The van der Waals surface area contributed by atoms with Crippen LogP contribution in [0.15, 0.2) is 59.8 Å². The summed E-state index contributed by atoms with van der Waals surface area (Å²) in [5.74, 6) is 1.02. The minimum Gasteiger partial charge on any atom is -0.487 e. The van der Waals surface area contributed by atoms with Crippen LogP contribution in [-0.4, -0.2) is 11.2 Å². The molecule has 0 radical (unpaired) electrons. The second-order valence-corrected chi connectivity index (χ2v) is 8.72. The number of anilines is 1. The van der Waals surface area contributed by atoms with E-state index in [1.165, 1.54) is 11.6 Å². The molecule has 3 rings (SSSR count). The van der Waals surface area contributed by atoms with Crippen LogP contribution in [0.1, 0.15) is 22.3 Å². The van der Waals surface area contributed by atoms with Crippen LogP contribution in [0.25, 0.3) is 0 Å². The molecule has 1 aromatic heterocycles. The van der Waals surface area contributed by atoms with E-state index in [0.717, 1.165) is 36.3 Å². The van der Waals surface area contributed by atoms with Gasteiger partial charge in [-0.3, -0.25) is 5.43 Å². The summed E-state index contributed by atoms with van der Waals surface area (Å²) in [6.07, 6.45) is -2.07. The molecule has 0 spiro atoms. The van der Waals surface area contributed by atoms with Crippen LogP contribution in [0.4, 0.5) is 19.0 Å². The largest absolute Gasteiger partial charge is 0.487 e. The van der Waals surface area contributed by atoms with E-state index in [1.54, 1.807) is 6.21 Å². The van der Waals surface area contributed by atoms with E-state index in [4.69, 9.17) is 4.74 Å². The molecule has 3 aromatic rings. The van der Waals surface area contributed by atoms with Crippen molar-refractivity contribution in [3.63, 3.8) is 0 Å². The van der Waals surface area contributed by atoms with E-state index in [2.05, 4.69) is 66.8 Å². The number of nitrogens with zero attached hydrogens (tertiary/aromatic N) is 2. The lowest BCUT2D eigenvalue weighted by Crippen LogP contribution is -2.05. The highest BCUT2D eigenvalue weighted by Gasteiger charge is 2.30. The highest BCUT2D eigenvalue weighted by Crippen LogP contribution is 2.30. The summed E-state index contributed by atoms with van der Waals surface area (Å²) in [5.41, 5.74) is 4.93. The Morgan fingerprint density at radius 2 is 1.83 bits per heavy atom. The predicted octanol–water partition coefficient (Wildman–Crippen LogP) is 6.64. The van der Waals surface area contributed by atoms with Crippen LogP contribution in [0.5, 0.6) is 5.75 Å². The minimum atomic E-state index is -4.41. The highest BCUT2D eigenvalue weighted by atomic mass is 127. The molecule has 0 aliphatic heterocycles. The number of hydrogen-bond acceptors (Lipinski definition) is 4. The van der Waals surface area contributed by atoms with Crippen LogP contribution in [0.3, 0.4) is 0 Å². The molecule has 1 N–H and O–H groups in total. The average molecular weight is 637 g/mol. The van der Waals surface area contributed by atoms with Gasteiger partial charge in [-0.15, -0.1) is 0 Å². The first-order chi connectivity index (χ1) is 14.2. The monoisotopic (exact) mass is 637 g/mol. The summed E-state index contributed by atoms with van der Waals surface area (Å²) in [6.45, 7) is 2.52. The summed E-state index contributed by atoms with van der Waals surface area (Å²) in [6, 6.07) is 14.2. The highest BCUT2D eigenvalue weighted by molar-refractivity contribution is 14.1. The Labute approximate surface area is 199 Å². The molecule has 4 nitrogen and oxygen atoms in total. The second-order valence-electron chi connectivity index (χ2n) is 6.39. The number of aryl methyl sites for hydroxylation is 1. The van der Waals surface area contributed by atoms with Crippen molar-refractivity contribution in [1.82, 2.24) is 4.98 Å². The molecule has 0 saturated heterocycles. The van der Waals surface area contributed by atoms with Crippen molar-refractivity contribution in [2.45, 2.75) is 19.7 Å². The van der Waals surface area contributed by atoms with Crippen molar-refractivity contribution in [3.8, 4) is 5.75 Å². The fraction of sp³-hybridized carbons (Fsp3) is 0.143. The summed E-state index contributed by atoms with van der Waals surface area (Å²) in [4.78, 5) is 3.72. The number of rotatable bonds is 6. The Morgan fingerprint density at radius 3 is 2.43 bits per heavy atom. The number of hydrazone groups is 1. The maximum atomic E-state index is 12.6. The zero-order valence-electron chi connectivity index (χ0n) is 15.7. The van der Waals surface area contributed by atoms with Crippen LogP contribution in [0, 0.1) is 14.1 Å². The van der Waals surface area contributed by atoms with Gasteiger partial charge in [-0.1, -0.05) is 29.8 Å².